The van der Waals surface area contributed by atoms with Crippen LogP contribution in [0.15, 0.2) is 83.8 Å². The highest BCUT2D eigenvalue weighted by Crippen LogP contribution is 2.22. The first-order chi connectivity index (χ1) is 15.3. The molecule has 0 aliphatic heterocycles. The third kappa shape index (κ3) is 5.59. The largest absolute Gasteiger partial charge is 0.462 e. The van der Waals surface area contributed by atoms with Crippen molar-refractivity contribution in [3.8, 4) is 0 Å². The Kier molecular flexibility index (Phi) is 7.37. The van der Waals surface area contributed by atoms with Crippen molar-refractivity contribution in [1.82, 2.24) is 0 Å². The first-order valence-corrected chi connectivity index (χ1v) is 11.3. The molecule has 32 heavy (non-hydrogen) atoms. The minimum Gasteiger partial charge on any atom is -0.462 e. The van der Waals surface area contributed by atoms with Gasteiger partial charge in [-0.3, -0.25) is 9.10 Å². The number of ether oxygens (including phenoxy) is 1. The van der Waals surface area contributed by atoms with Gasteiger partial charge in [0.05, 0.1) is 22.8 Å². The standard InChI is InChI=1S/C24H22FNO5S/c1-26(21-6-3-2-4-7-21)32(29,30)22-15-11-19(12-16-22)24(28)31-17-5-8-23(27)18-9-13-20(25)14-10-18/h2-4,6-7,9-16H,5,8,17H2,1H3. The van der Waals surface area contributed by atoms with Crippen molar-refractivity contribution in [3.63, 3.8) is 0 Å². The number of benzene rings is 3. The normalized spacial score (nSPS) is 11.1. The Morgan fingerprint density at radius 3 is 2.09 bits per heavy atom. The molecular formula is C24H22FNO5S. The van der Waals surface area contributed by atoms with E-state index in [1.165, 1.54) is 59.9 Å². The van der Waals surface area contributed by atoms with Crippen LogP contribution < -0.4 is 4.31 Å². The second kappa shape index (κ2) is 10.2. The summed E-state index contributed by atoms with van der Waals surface area (Å²) in [7, 11) is -2.32. The van der Waals surface area contributed by atoms with Crippen LogP contribution in [0.25, 0.3) is 0 Å². The second-order valence-electron chi connectivity index (χ2n) is 7.00. The minimum absolute atomic E-state index is 0.0303. The Balaban J connectivity index is 1.53. The maximum Gasteiger partial charge on any atom is 0.338 e. The number of halogens is 1. The summed E-state index contributed by atoms with van der Waals surface area (Å²) in [6.45, 7) is 0.0303. The fraction of sp³-hybridized carbons (Fsp3) is 0.167. The molecule has 3 rings (SSSR count). The third-order valence-electron chi connectivity index (χ3n) is 4.82. The topological polar surface area (TPSA) is 80.8 Å². The van der Waals surface area contributed by atoms with Crippen LogP contribution in [0.2, 0.25) is 0 Å². The van der Waals surface area contributed by atoms with E-state index in [1.807, 2.05) is 0 Å². The van der Waals surface area contributed by atoms with Gasteiger partial charge in [-0.25, -0.2) is 17.6 Å². The predicted octanol–water partition coefficient (Wildman–Crippen LogP) is 4.47. The number of hydrogen-bond acceptors (Lipinski definition) is 5. The predicted molar refractivity (Wildman–Crippen MR) is 119 cm³/mol. The molecule has 0 atom stereocenters. The van der Waals surface area contributed by atoms with E-state index < -0.39 is 21.8 Å². The molecule has 8 heteroatoms. The zero-order valence-electron chi connectivity index (χ0n) is 17.4. The molecule has 0 radical (unpaired) electrons. The maximum atomic E-state index is 12.9. The van der Waals surface area contributed by atoms with Crippen molar-refractivity contribution in [1.29, 1.82) is 0 Å². The van der Waals surface area contributed by atoms with Crippen LogP contribution in [0, 0.1) is 5.82 Å². The van der Waals surface area contributed by atoms with E-state index >= 15 is 0 Å². The molecule has 6 nitrogen and oxygen atoms in total. The number of anilines is 1. The summed E-state index contributed by atoms with van der Waals surface area (Å²) < 4.78 is 44.8. The molecule has 0 fully saturated rings. The molecule has 0 spiro atoms. The first-order valence-electron chi connectivity index (χ1n) is 9.89. The molecular weight excluding hydrogens is 433 g/mol. The zero-order valence-corrected chi connectivity index (χ0v) is 18.2. The Labute approximate surface area is 186 Å². The number of rotatable bonds is 9. The molecule has 0 N–H and O–H groups in total. The van der Waals surface area contributed by atoms with Crippen LogP contribution >= 0.6 is 0 Å². The highest BCUT2D eigenvalue weighted by atomic mass is 32.2. The van der Waals surface area contributed by atoms with E-state index in [1.54, 1.807) is 30.3 Å². The fourth-order valence-corrected chi connectivity index (χ4v) is 4.15. The van der Waals surface area contributed by atoms with E-state index in [0.29, 0.717) is 17.7 Å². The molecule has 3 aromatic carbocycles. The van der Waals surface area contributed by atoms with Crippen LogP contribution in [0.1, 0.15) is 33.6 Å². The second-order valence-corrected chi connectivity index (χ2v) is 8.97. The Hall–Kier alpha value is -3.52. The average Bonchev–Trinajstić information content (AvgIpc) is 2.82. The van der Waals surface area contributed by atoms with Gasteiger partial charge in [-0.15, -0.1) is 0 Å². The van der Waals surface area contributed by atoms with E-state index in [9.17, 15) is 22.4 Å². The number of nitrogens with zero attached hydrogens (tertiary/aromatic N) is 1. The molecule has 3 aromatic rings. The Morgan fingerprint density at radius 1 is 0.875 bits per heavy atom. The van der Waals surface area contributed by atoms with Gasteiger partial charge >= 0.3 is 5.97 Å². The lowest BCUT2D eigenvalue weighted by Gasteiger charge is -2.19. The van der Waals surface area contributed by atoms with Crippen molar-refractivity contribution in [3.05, 3.63) is 95.8 Å². The highest BCUT2D eigenvalue weighted by Gasteiger charge is 2.21. The van der Waals surface area contributed by atoms with Gasteiger partial charge in [0, 0.05) is 19.0 Å². The van der Waals surface area contributed by atoms with Gasteiger partial charge in [0.1, 0.15) is 5.82 Å². The number of esters is 1. The number of Topliss-reactive ketones (excluding diaryl/α,β-unsaturated/α-hetero) is 1. The number of carbonyl (C=O) groups excluding carboxylic acids is 2. The zero-order chi connectivity index (χ0) is 23.1. The van der Waals surface area contributed by atoms with Crippen molar-refractivity contribution in [2.75, 3.05) is 18.0 Å². The summed E-state index contributed by atoms with van der Waals surface area (Å²) in [6, 6.07) is 19.4. The summed E-state index contributed by atoms with van der Waals surface area (Å²) in [6.07, 6.45) is 0.470. The van der Waals surface area contributed by atoms with Gasteiger partial charge < -0.3 is 4.74 Å². The number of ketones is 1. The fourth-order valence-electron chi connectivity index (χ4n) is 2.96. The van der Waals surface area contributed by atoms with Gasteiger partial charge in [0.2, 0.25) is 0 Å². The lowest BCUT2D eigenvalue weighted by Crippen LogP contribution is -2.26. The number of para-hydroxylation sites is 1. The molecule has 0 aliphatic carbocycles. The summed E-state index contributed by atoms with van der Waals surface area (Å²) in [4.78, 5) is 24.3. The van der Waals surface area contributed by atoms with Gasteiger partial charge in [-0.1, -0.05) is 18.2 Å². The molecule has 0 saturated heterocycles. The summed E-state index contributed by atoms with van der Waals surface area (Å²) in [5.41, 5.74) is 1.12. The lowest BCUT2D eigenvalue weighted by atomic mass is 10.1. The molecule has 0 unspecified atom stereocenters. The summed E-state index contributed by atoms with van der Waals surface area (Å²) in [5, 5.41) is 0. The van der Waals surface area contributed by atoms with Crippen LogP contribution in [0.5, 0.6) is 0 Å². The molecule has 0 aromatic heterocycles. The van der Waals surface area contributed by atoms with Crippen LogP contribution in [-0.4, -0.2) is 33.8 Å². The number of carbonyl (C=O) groups is 2. The van der Waals surface area contributed by atoms with E-state index in [0.717, 1.165) is 0 Å². The number of sulfonamides is 1. The molecule has 166 valence electrons. The Morgan fingerprint density at radius 2 is 1.47 bits per heavy atom. The van der Waals surface area contributed by atoms with Crippen molar-refractivity contribution >= 4 is 27.5 Å². The lowest BCUT2D eigenvalue weighted by molar-refractivity contribution is 0.0494. The van der Waals surface area contributed by atoms with E-state index in [2.05, 4.69) is 0 Å². The quantitative estimate of drug-likeness (QED) is 0.270. The van der Waals surface area contributed by atoms with Crippen molar-refractivity contribution in [2.45, 2.75) is 17.7 Å². The number of hydrogen-bond donors (Lipinski definition) is 0. The molecule has 0 amide bonds. The smallest absolute Gasteiger partial charge is 0.338 e. The average molecular weight is 456 g/mol. The van der Waals surface area contributed by atoms with Gasteiger partial charge in [-0.2, -0.15) is 0 Å². The molecule has 0 aliphatic rings. The van der Waals surface area contributed by atoms with Crippen LogP contribution in [0.3, 0.4) is 0 Å². The molecule has 0 saturated carbocycles. The summed E-state index contributed by atoms with van der Waals surface area (Å²) >= 11 is 0. The highest BCUT2D eigenvalue weighted by molar-refractivity contribution is 7.92. The minimum atomic E-state index is -3.77. The van der Waals surface area contributed by atoms with E-state index in [4.69, 9.17) is 4.74 Å². The monoisotopic (exact) mass is 455 g/mol. The Bertz CT molecular complexity index is 1180. The van der Waals surface area contributed by atoms with Crippen molar-refractivity contribution < 1.29 is 27.1 Å². The van der Waals surface area contributed by atoms with E-state index in [-0.39, 0.29) is 29.3 Å². The van der Waals surface area contributed by atoms with Gasteiger partial charge in [-0.05, 0) is 67.1 Å². The SMILES string of the molecule is CN(c1ccccc1)S(=O)(=O)c1ccc(C(=O)OCCCC(=O)c2ccc(F)cc2)cc1. The first kappa shape index (κ1) is 23.1. The summed E-state index contributed by atoms with van der Waals surface area (Å²) in [5.74, 6) is -1.20. The van der Waals surface area contributed by atoms with Crippen LogP contribution in [0.4, 0.5) is 10.1 Å². The molecule has 0 bridgehead atoms. The maximum absolute atomic E-state index is 12.9. The van der Waals surface area contributed by atoms with Gasteiger partial charge in [0.25, 0.3) is 10.0 Å². The van der Waals surface area contributed by atoms with Gasteiger partial charge in [0.15, 0.2) is 5.78 Å². The van der Waals surface area contributed by atoms with Crippen molar-refractivity contribution in [2.24, 2.45) is 0 Å². The third-order valence-corrected chi connectivity index (χ3v) is 6.62. The van der Waals surface area contributed by atoms with Crippen LogP contribution in [-0.2, 0) is 14.8 Å². The molecule has 0 heterocycles.